The molecule has 0 bridgehead atoms. The number of halogens is 1. The van der Waals surface area contributed by atoms with E-state index in [0.717, 1.165) is 12.8 Å². The molecule has 21 heavy (non-hydrogen) atoms. The quantitative estimate of drug-likeness (QED) is 0.792. The second-order valence-corrected chi connectivity index (χ2v) is 7.84. The Morgan fingerprint density at radius 3 is 2.24 bits per heavy atom. The lowest BCUT2D eigenvalue weighted by Crippen LogP contribution is -2.54. The monoisotopic (exact) mass is 375 g/mol. The van der Waals surface area contributed by atoms with Gasteiger partial charge in [0.2, 0.25) is 10.0 Å². The van der Waals surface area contributed by atoms with Crippen molar-refractivity contribution in [1.82, 2.24) is 4.72 Å². The maximum atomic E-state index is 12.5. The number of carboxylic acids is 1. The minimum Gasteiger partial charge on any atom is -0.480 e. The van der Waals surface area contributed by atoms with Gasteiger partial charge in [-0.25, -0.2) is 8.42 Å². The van der Waals surface area contributed by atoms with Crippen LogP contribution in [-0.2, 0) is 14.8 Å². The highest BCUT2D eigenvalue weighted by atomic mass is 79.9. The predicted octanol–water partition coefficient (Wildman–Crippen LogP) is 2.91. The van der Waals surface area contributed by atoms with Crippen molar-refractivity contribution in [3.8, 4) is 0 Å². The molecule has 5 nitrogen and oxygen atoms in total. The maximum Gasteiger partial charge on any atom is 0.324 e. The average Bonchev–Trinajstić information content (AvgIpc) is 2.65. The molecule has 1 aliphatic rings. The van der Waals surface area contributed by atoms with Gasteiger partial charge in [-0.05, 0) is 40.9 Å². The molecular formula is C14H18BrNO4S. The van der Waals surface area contributed by atoms with Gasteiger partial charge in [0, 0.05) is 4.47 Å². The molecule has 116 valence electrons. The van der Waals surface area contributed by atoms with E-state index in [4.69, 9.17) is 0 Å². The maximum absolute atomic E-state index is 12.5. The Bertz CT molecular complexity index is 622. The summed E-state index contributed by atoms with van der Waals surface area (Å²) in [4.78, 5) is 11.7. The van der Waals surface area contributed by atoms with Crippen molar-refractivity contribution in [2.45, 2.75) is 49.0 Å². The lowest BCUT2D eigenvalue weighted by molar-refractivity contribution is -0.144. The highest BCUT2D eigenvalue weighted by molar-refractivity contribution is 9.10. The molecule has 0 amide bonds. The van der Waals surface area contributed by atoms with E-state index in [9.17, 15) is 18.3 Å². The largest absolute Gasteiger partial charge is 0.480 e. The number of rotatable bonds is 4. The van der Waals surface area contributed by atoms with E-state index in [1.165, 1.54) is 6.07 Å². The minimum atomic E-state index is -3.89. The van der Waals surface area contributed by atoms with Crippen LogP contribution in [0.2, 0.25) is 0 Å². The molecule has 1 aromatic rings. The summed E-state index contributed by atoms with van der Waals surface area (Å²) in [7, 11) is -3.89. The molecule has 0 heterocycles. The van der Waals surface area contributed by atoms with Gasteiger partial charge >= 0.3 is 5.97 Å². The number of carbonyl (C=O) groups is 1. The molecule has 1 aliphatic carbocycles. The average molecular weight is 376 g/mol. The van der Waals surface area contributed by atoms with Crippen LogP contribution >= 0.6 is 15.9 Å². The summed E-state index contributed by atoms with van der Waals surface area (Å²) in [5, 5.41) is 9.55. The van der Waals surface area contributed by atoms with Gasteiger partial charge in [0.05, 0.1) is 4.90 Å². The molecule has 2 rings (SSSR count). The molecular weight excluding hydrogens is 358 g/mol. The van der Waals surface area contributed by atoms with Crippen LogP contribution in [0.4, 0.5) is 0 Å². The van der Waals surface area contributed by atoms with Gasteiger partial charge in [-0.1, -0.05) is 37.8 Å². The van der Waals surface area contributed by atoms with Gasteiger partial charge in [0.25, 0.3) is 0 Å². The van der Waals surface area contributed by atoms with E-state index in [1.807, 2.05) is 0 Å². The fourth-order valence-electron chi connectivity index (χ4n) is 2.67. The van der Waals surface area contributed by atoms with Gasteiger partial charge in [-0.2, -0.15) is 4.72 Å². The lowest BCUT2D eigenvalue weighted by Gasteiger charge is -2.29. The van der Waals surface area contributed by atoms with Gasteiger partial charge < -0.3 is 5.11 Å². The van der Waals surface area contributed by atoms with E-state index in [-0.39, 0.29) is 4.90 Å². The normalized spacial score (nSPS) is 18.9. The third kappa shape index (κ3) is 3.64. The van der Waals surface area contributed by atoms with Crippen molar-refractivity contribution in [2.75, 3.05) is 0 Å². The number of carboxylic acid groups (broad SMARTS) is 1. The summed E-state index contributed by atoms with van der Waals surface area (Å²) in [5.41, 5.74) is -1.40. The summed E-state index contributed by atoms with van der Waals surface area (Å²) in [6, 6.07) is 6.40. The molecule has 0 aliphatic heterocycles. The summed E-state index contributed by atoms with van der Waals surface area (Å²) < 4.78 is 27.9. The summed E-state index contributed by atoms with van der Waals surface area (Å²) >= 11 is 3.20. The zero-order valence-electron chi connectivity index (χ0n) is 11.5. The molecule has 2 N–H and O–H groups in total. The molecule has 0 saturated heterocycles. The van der Waals surface area contributed by atoms with Crippen LogP contribution in [0.5, 0.6) is 0 Å². The van der Waals surface area contributed by atoms with Crippen molar-refractivity contribution in [2.24, 2.45) is 0 Å². The first-order valence-corrected chi connectivity index (χ1v) is 9.17. The fourth-order valence-corrected chi connectivity index (χ4v) is 5.09. The van der Waals surface area contributed by atoms with Crippen LogP contribution < -0.4 is 4.72 Å². The molecule has 0 spiro atoms. The third-order valence-corrected chi connectivity index (χ3v) is 6.37. The Hall–Kier alpha value is -0.920. The molecule has 7 heteroatoms. The van der Waals surface area contributed by atoms with Crippen LogP contribution in [0.3, 0.4) is 0 Å². The number of aliphatic carboxylic acids is 1. The minimum absolute atomic E-state index is 0.0647. The Kier molecular flexibility index (Phi) is 5.06. The summed E-state index contributed by atoms with van der Waals surface area (Å²) in [6.07, 6.45) is 3.95. The Morgan fingerprint density at radius 1 is 1.14 bits per heavy atom. The SMILES string of the molecule is O=C(O)C1(NS(=O)(=O)c2ccccc2Br)CCCCCC1. The highest BCUT2D eigenvalue weighted by Gasteiger charge is 2.42. The van der Waals surface area contributed by atoms with Crippen molar-refractivity contribution in [3.05, 3.63) is 28.7 Å². The zero-order chi connectivity index (χ0) is 15.5. The first-order chi connectivity index (χ1) is 9.87. The fraction of sp³-hybridized carbons (Fsp3) is 0.500. The van der Waals surface area contributed by atoms with E-state index >= 15 is 0 Å². The second-order valence-electron chi connectivity index (χ2n) is 5.34. The molecule has 0 atom stereocenters. The molecule has 0 aromatic heterocycles. The van der Waals surface area contributed by atoms with Crippen LogP contribution in [-0.4, -0.2) is 25.0 Å². The van der Waals surface area contributed by atoms with E-state index in [0.29, 0.717) is 30.2 Å². The Labute approximate surface area is 132 Å². The van der Waals surface area contributed by atoms with Crippen molar-refractivity contribution >= 4 is 31.9 Å². The molecule has 1 saturated carbocycles. The van der Waals surface area contributed by atoms with Crippen LogP contribution in [0.25, 0.3) is 0 Å². The van der Waals surface area contributed by atoms with Crippen LogP contribution in [0.1, 0.15) is 38.5 Å². The number of sulfonamides is 1. The van der Waals surface area contributed by atoms with E-state index in [1.54, 1.807) is 18.2 Å². The molecule has 1 aromatic carbocycles. The van der Waals surface area contributed by atoms with Gasteiger partial charge in [0.15, 0.2) is 0 Å². The third-order valence-electron chi connectivity index (χ3n) is 3.82. The smallest absolute Gasteiger partial charge is 0.324 e. The van der Waals surface area contributed by atoms with Crippen LogP contribution in [0.15, 0.2) is 33.6 Å². The van der Waals surface area contributed by atoms with Crippen molar-refractivity contribution in [3.63, 3.8) is 0 Å². The van der Waals surface area contributed by atoms with Crippen molar-refractivity contribution in [1.29, 1.82) is 0 Å². The topological polar surface area (TPSA) is 83.5 Å². The zero-order valence-corrected chi connectivity index (χ0v) is 13.9. The molecule has 0 radical (unpaired) electrons. The molecule has 0 unspecified atom stereocenters. The van der Waals surface area contributed by atoms with Gasteiger partial charge in [-0.15, -0.1) is 0 Å². The highest BCUT2D eigenvalue weighted by Crippen LogP contribution is 2.30. The number of benzene rings is 1. The standard InChI is InChI=1S/C14H18BrNO4S/c15-11-7-3-4-8-12(11)21(19,20)16-14(13(17)18)9-5-1-2-6-10-14/h3-4,7-8,16H,1-2,5-6,9-10H2,(H,17,18). The number of hydrogen-bond donors (Lipinski definition) is 2. The predicted molar refractivity (Wildman–Crippen MR) is 82.5 cm³/mol. The number of hydrogen-bond acceptors (Lipinski definition) is 3. The lowest BCUT2D eigenvalue weighted by atomic mass is 9.92. The summed E-state index contributed by atoms with van der Waals surface area (Å²) in [6.45, 7) is 0. The second kappa shape index (κ2) is 6.46. The van der Waals surface area contributed by atoms with Crippen LogP contribution in [0, 0.1) is 0 Å². The summed E-state index contributed by atoms with van der Waals surface area (Å²) in [5.74, 6) is -1.10. The first-order valence-electron chi connectivity index (χ1n) is 6.89. The van der Waals surface area contributed by atoms with Gasteiger partial charge in [-0.3, -0.25) is 4.79 Å². The van der Waals surface area contributed by atoms with E-state index < -0.39 is 21.5 Å². The molecule has 1 fully saturated rings. The van der Waals surface area contributed by atoms with Crippen molar-refractivity contribution < 1.29 is 18.3 Å². The Balaban J connectivity index is 2.36. The Morgan fingerprint density at radius 2 is 1.71 bits per heavy atom. The van der Waals surface area contributed by atoms with Gasteiger partial charge in [0.1, 0.15) is 5.54 Å². The van der Waals surface area contributed by atoms with E-state index in [2.05, 4.69) is 20.7 Å². The first kappa shape index (κ1) is 16.5. The number of nitrogens with one attached hydrogen (secondary N) is 1.